The van der Waals surface area contributed by atoms with Crippen molar-refractivity contribution >= 4 is 29.9 Å². The number of guanidine groups is 1. The Kier molecular flexibility index (Phi) is 8.11. The van der Waals surface area contributed by atoms with Gasteiger partial charge >= 0.3 is 0 Å². The minimum absolute atomic E-state index is 0. The molecular formula is C12H27IN4. The number of nitrogens with zero attached hydrogens (tertiary/aromatic N) is 2. The Bertz CT molecular complexity index is 243. The van der Waals surface area contributed by atoms with Crippen LogP contribution < -0.4 is 10.6 Å². The van der Waals surface area contributed by atoms with Crippen molar-refractivity contribution in [2.45, 2.75) is 39.8 Å². The van der Waals surface area contributed by atoms with Gasteiger partial charge in [-0.15, -0.1) is 24.0 Å². The van der Waals surface area contributed by atoms with Crippen LogP contribution in [0.5, 0.6) is 0 Å². The van der Waals surface area contributed by atoms with Crippen molar-refractivity contribution in [3.63, 3.8) is 0 Å². The van der Waals surface area contributed by atoms with Gasteiger partial charge in [0, 0.05) is 38.8 Å². The van der Waals surface area contributed by atoms with Gasteiger partial charge in [-0.2, -0.15) is 0 Å². The fourth-order valence-corrected chi connectivity index (χ4v) is 2.15. The largest absolute Gasteiger partial charge is 0.357 e. The zero-order valence-corrected chi connectivity index (χ0v) is 14.0. The van der Waals surface area contributed by atoms with Gasteiger partial charge in [-0.3, -0.25) is 9.89 Å². The van der Waals surface area contributed by atoms with Gasteiger partial charge in [0.05, 0.1) is 0 Å². The lowest BCUT2D eigenvalue weighted by Crippen LogP contribution is -2.46. The molecule has 0 aromatic rings. The molecule has 0 radical (unpaired) electrons. The highest BCUT2D eigenvalue weighted by atomic mass is 127. The molecule has 102 valence electrons. The molecule has 4 nitrogen and oxygen atoms in total. The highest BCUT2D eigenvalue weighted by Crippen LogP contribution is 2.18. The van der Waals surface area contributed by atoms with Gasteiger partial charge in [-0.05, 0) is 26.7 Å². The summed E-state index contributed by atoms with van der Waals surface area (Å²) in [6, 6.07) is 1.15. The molecule has 0 aliphatic carbocycles. The lowest BCUT2D eigenvalue weighted by molar-refractivity contribution is 0.265. The van der Waals surface area contributed by atoms with E-state index in [-0.39, 0.29) is 24.0 Å². The topological polar surface area (TPSA) is 39.7 Å². The van der Waals surface area contributed by atoms with Gasteiger partial charge in [-0.25, -0.2) is 0 Å². The molecule has 1 saturated heterocycles. The first-order chi connectivity index (χ1) is 7.58. The third-order valence-corrected chi connectivity index (χ3v) is 3.26. The maximum atomic E-state index is 4.22. The van der Waals surface area contributed by atoms with Crippen molar-refractivity contribution in [3.05, 3.63) is 0 Å². The Balaban J connectivity index is 0.00000256. The molecule has 2 N–H and O–H groups in total. The third kappa shape index (κ3) is 4.99. The van der Waals surface area contributed by atoms with Gasteiger partial charge < -0.3 is 10.6 Å². The van der Waals surface area contributed by atoms with Crippen LogP contribution in [0.3, 0.4) is 0 Å². The Morgan fingerprint density at radius 2 is 2.06 bits per heavy atom. The van der Waals surface area contributed by atoms with Crippen LogP contribution in [0.15, 0.2) is 4.99 Å². The maximum absolute atomic E-state index is 4.22. The number of halogens is 1. The third-order valence-electron chi connectivity index (χ3n) is 3.26. The summed E-state index contributed by atoms with van der Waals surface area (Å²) in [5, 5.41) is 6.74. The molecule has 1 rings (SSSR count). The van der Waals surface area contributed by atoms with Crippen molar-refractivity contribution < 1.29 is 0 Å². The number of rotatable bonds is 3. The standard InChI is InChI=1S/C12H26N4.HI/c1-6-14-12(13-5)15-11-8-16(9(2)3)7-10(11)4;/h9-11H,6-8H2,1-5H3,(H2,13,14,15);1H. The highest BCUT2D eigenvalue weighted by Gasteiger charge is 2.31. The molecule has 2 atom stereocenters. The van der Waals surface area contributed by atoms with Crippen molar-refractivity contribution in [1.82, 2.24) is 15.5 Å². The second-order valence-electron chi connectivity index (χ2n) is 4.88. The van der Waals surface area contributed by atoms with Crippen molar-refractivity contribution in [1.29, 1.82) is 0 Å². The molecule has 5 heteroatoms. The van der Waals surface area contributed by atoms with Gasteiger partial charge in [0.2, 0.25) is 0 Å². The van der Waals surface area contributed by atoms with Crippen LogP contribution in [-0.2, 0) is 0 Å². The first-order valence-corrected chi connectivity index (χ1v) is 6.29. The van der Waals surface area contributed by atoms with E-state index < -0.39 is 0 Å². The summed E-state index contributed by atoms with van der Waals surface area (Å²) < 4.78 is 0. The van der Waals surface area contributed by atoms with Crippen LogP contribution in [0.2, 0.25) is 0 Å². The van der Waals surface area contributed by atoms with Gasteiger partial charge in [-0.1, -0.05) is 6.92 Å². The van der Waals surface area contributed by atoms with E-state index in [4.69, 9.17) is 0 Å². The average molecular weight is 354 g/mol. The molecule has 0 amide bonds. The van der Waals surface area contributed by atoms with Crippen LogP contribution >= 0.6 is 24.0 Å². The Hall–Kier alpha value is -0.0400. The van der Waals surface area contributed by atoms with E-state index in [1.54, 1.807) is 0 Å². The summed E-state index contributed by atoms with van der Waals surface area (Å²) in [7, 11) is 1.82. The second-order valence-corrected chi connectivity index (χ2v) is 4.88. The summed E-state index contributed by atoms with van der Waals surface area (Å²) in [5.74, 6) is 1.60. The molecule has 1 heterocycles. The fourth-order valence-electron chi connectivity index (χ4n) is 2.15. The van der Waals surface area contributed by atoms with Crippen LogP contribution in [0, 0.1) is 5.92 Å². The van der Waals surface area contributed by atoms with E-state index in [0.717, 1.165) is 19.0 Å². The monoisotopic (exact) mass is 354 g/mol. The van der Waals surface area contributed by atoms with Crippen molar-refractivity contribution in [2.24, 2.45) is 10.9 Å². The summed E-state index contributed by atoms with van der Waals surface area (Å²) in [5.41, 5.74) is 0. The molecule has 0 bridgehead atoms. The maximum Gasteiger partial charge on any atom is 0.191 e. The predicted molar refractivity (Wildman–Crippen MR) is 85.2 cm³/mol. The molecule has 1 aliphatic heterocycles. The molecule has 0 spiro atoms. The van der Waals surface area contributed by atoms with Crippen LogP contribution in [0.4, 0.5) is 0 Å². The fraction of sp³-hybridized carbons (Fsp3) is 0.917. The predicted octanol–water partition coefficient (Wildman–Crippen LogP) is 1.52. The molecule has 1 fully saturated rings. The molecule has 0 saturated carbocycles. The van der Waals surface area contributed by atoms with Crippen molar-refractivity contribution in [3.8, 4) is 0 Å². The highest BCUT2D eigenvalue weighted by molar-refractivity contribution is 14.0. The molecule has 1 aliphatic rings. The first kappa shape index (κ1) is 17.0. The normalized spacial score (nSPS) is 25.9. The van der Waals surface area contributed by atoms with E-state index >= 15 is 0 Å². The summed E-state index contributed by atoms with van der Waals surface area (Å²) in [6.07, 6.45) is 0. The second kappa shape index (κ2) is 8.13. The molecular weight excluding hydrogens is 327 g/mol. The van der Waals surface area contributed by atoms with E-state index in [0.29, 0.717) is 18.0 Å². The number of hydrogen-bond acceptors (Lipinski definition) is 2. The molecule has 17 heavy (non-hydrogen) atoms. The van der Waals surface area contributed by atoms with Crippen molar-refractivity contribution in [2.75, 3.05) is 26.7 Å². The van der Waals surface area contributed by atoms with Gasteiger partial charge in [0.25, 0.3) is 0 Å². The first-order valence-electron chi connectivity index (χ1n) is 6.29. The quantitative estimate of drug-likeness (QED) is 0.459. The lowest BCUT2D eigenvalue weighted by Gasteiger charge is -2.21. The van der Waals surface area contributed by atoms with E-state index in [9.17, 15) is 0 Å². The Labute approximate surface area is 123 Å². The summed E-state index contributed by atoms with van der Waals surface area (Å²) in [6.45, 7) is 12.1. The smallest absolute Gasteiger partial charge is 0.191 e. The SMILES string of the molecule is CCNC(=NC)NC1CN(C(C)C)CC1C.I. The molecule has 0 aromatic heterocycles. The van der Waals surface area contributed by atoms with Gasteiger partial charge in [0.15, 0.2) is 5.96 Å². The summed E-state index contributed by atoms with van der Waals surface area (Å²) >= 11 is 0. The Morgan fingerprint density at radius 1 is 1.41 bits per heavy atom. The molecule has 0 aromatic carbocycles. The number of aliphatic imine (C=N–C) groups is 1. The van der Waals surface area contributed by atoms with E-state index in [1.807, 2.05) is 7.05 Å². The number of likely N-dealkylation sites (tertiary alicyclic amines) is 1. The average Bonchev–Trinajstić information content (AvgIpc) is 2.60. The van der Waals surface area contributed by atoms with Crippen LogP contribution in [-0.4, -0.2) is 49.6 Å². The van der Waals surface area contributed by atoms with E-state index in [1.165, 1.54) is 6.54 Å². The van der Waals surface area contributed by atoms with Crippen LogP contribution in [0.25, 0.3) is 0 Å². The zero-order valence-electron chi connectivity index (χ0n) is 11.7. The summed E-state index contributed by atoms with van der Waals surface area (Å²) in [4.78, 5) is 6.74. The number of hydrogen-bond donors (Lipinski definition) is 2. The van der Waals surface area contributed by atoms with Crippen LogP contribution in [0.1, 0.15) is 27.7 Å². The molecule has 2 unspecified atom stereocenters. The van der Waals surface area contributed by atoms with Gasteiger partial charge in [0.1, 0.15) is 0 Å². The Morgan fingerprint density at radius 3 is 2.47 bits per heavy atom. The minimum atomic E-state index is 0. The van der Waals surface area contributed by atoms with E-state index in [2.05, 4.69) is 48.2 Å². The minimum Gasteiger partial charge on any atom is -0.357 e. The number of nitrogens with one attached hydrogen (secondary N) is 2. The zero-order chi connectivity index (χ0) is 12.1. The lowest BCUT2D eigenvalue weighted by atomic mass is 10.1.